The van der Waals surface area contributed by atoms with Gasteiger partial charge in [0.15, 0.2) is 11.6 Å². The molecule has 42 heteroatoms. The van der Waals surface area contributed by atoms with Gasteiger partial charge < -0.3 is 44.7 Å². The molecule has 3 amide bonds. The van der Waals surface area contributed by atoms with E-state index in [4.69, 9.17) is 161 Å². The SMILES string of the molecule is C=CC(=O)N1CCN(c2c(C#N)c(=O)n(-c3c(C)ccnc3C(C)C)c3nc(-c4c(O)c(Cl)c(Cl)c(Cl)c4Cl)c(Cl)cc23)CC1.C=CC(=O)N1CCN(c2c(C#N)c(=O)n(-c3c(C)ccnc3C(C)C)c3nc(-c4c(O)c(Cl)c(Cl)c(Cl)c4Cl)c(Cl)cc23)CC1.C=CC(=O)N1CCN(c2c(C#N)c(=O)n(-c3c(C)ccnc3C(C)C)c3nc(-c4c(O)c(Cl)c(F)c(Cl)c4F)c(Cl)cc23)CC1. The van der Waals surface area contributed by atoms with Gasteiger partial charge in [0.1, 0.15) is 89.2 Å². The summed E-state index contributed by atoms with van der Waals surface area (Å²) in [4.78, 5) is 118. The molecule has 12 heterocycles. The molecule has 9 aromatic heterocycles. The molecule has 3 saturated heterocycles. The summed E-state index contributed by atoms with van der Waals surface area (Å²) in [5, 5.41) is 61.7. The maximum atomic E-state index is 15.5. The molecular weight excluding hydrogens is 2010 g/mol. The minimum absolute atomic E-state index is 0.0232. The summed E-state index contributed by atoms with van der Waals surface area (Å²) in [6, 6.07) is 16.0. The average molecular weight is 2090 g/mol. The highest BCUT2D eigenvalue weighted by Gasteiger charge is 2.38. The van der Waals surface area contributed by atoms with Crippen molar-refractivity contribution >= 4 is 219 Å². The summed E-state index contributed by atoms with van der Waals surface area (Å²) in [7, 11) is 0. The number of anilines is 3. The number of halogens is 15. The lowest BCUT2D eigenvalue weighted by Crippen LogP contribution is -2.49. The predicted octanol–water partition coefficient (Wildman–Crippen LogP) is 21.6. The van der Waals surface area contributed by atoms with Crippen molar-refractivity contribution in [1.82, 2.24) is 58.3 Å². The molecule has 0 aliphatic carbocycles. The number of phenolic OH excluding ortho intramolecular Hbond substituents is 3. The third-order valence-corrected chi connectivity index (χ3v) is 28.1. The first-order chi connectivity index (χ1) is 64.0. The summed E-state index contributed by atoms with van der Waals surface area (Å²) in [6.45, 7) is 31.3. The number of aromatic nitrogens is 9. The highest BCUT2D eigenvalue weighted by Crippen LogP contribution is 2.55. The molecule has 0 atom stereocenters. The molecule has 0 bridgehead atoms. The molecule has 0 unspecified atom stereocenters. The maximum absolute atomic E-state index is 15.5. The first-order valence-electron chi connectivity index (χ1n) is 41.1. The lowest BCUT2D eigenvalue weighted by molar-refractivity contribution is -0.127. The van der Waals surface area contributed by atoms with Crippen molar-refractivity contribution in [2.24, 2.45) is 0 Å². The van der Waals surface area contributed by atoms with Gasteiger partial charge in [0, 0.05) is 113 Å². The van der Waals surface area contributed by atoms with E-state index in [2.05, 4.69) is 51.8 Å². The highest BCUT2D eigenvalue weighted by molar-refractivity contribution is 6.55. The largest absolute Gasteiger partial charge is 0.506 e. The first kappa shape index (κ1) is 101. The van der Waals surface area contributed by atoms with Crippen molar-refractivity contribution in [2.45, 2.75) is 80.1 Å². The number of hydrogen-bond acceptors (Lipinski definition) is 21. The molecule has 0 saturated carbocycles. The number of rotatable bonds is 15. The molecule has 27 nitrogen and oxygen atoms in total. The van der Waals surface area contributed by atoms with E-state index in [1.54, 1.807) is 75.4 Å². The zero-order valence-electron chi connectivity index (χ0n) is 72.8. The minimum atomic E-state index is -1.37. The number of nitrogens with zero attached hydrogens (tertiary/aromatic N) is 18. The van der Waals surface area contributed by atoms with Crippen molar-refractivity contribution in [3.8, 4) is 86.3 Å². The predicted molar refractivity (Wildman–Crippen MR) is 529 cm³/mol. The van der Waals surface area contributed by atoms with Crippen LogP contribution in [0.1, 0.15) is 110 Å². The van der Waals surface area contributed by atoms with E-state index in [0.29, 0.717) is 125 Å². The molecule has 3 aliphatic heterocycles. The van der Waals surface area contributed by atoms with E-state index in [0.717, 1.165) is 0 Å². The summed E-state index contributed by atoms with van der Waals surface area (Å²) >= 11 is 82.9. The zero-order chi connectivity index (χ0) is 98.7. The fraction of sp³-hybridized carbons (Fsp3) is 0.258. The van der Waals surface area contributed by atoms with Crippen LogP contribution in [-0.4, -0.2) is 170 Å². The van der Waals surface area contributed by atoms with E-state index >= 15 is 4.39 Å². The molecule has 3 aliphatic rings. The molecule has 3 fully saturated rings. The Morgan fingerprint density at radius 3 is 0.881 bits per heavy atom. The number of amides is 3. The lowest BCUT2D eigenvalue weighted by atomic mass is 10.0. The second-order valence-electron chi connectivity index (χ2n) is 32.0. The topological polar surface area (TPSA) is 346 Å². The Kier molecular flexibility index (Phi) is 30.7. The molecular formula is C93H75Cl13F2N18O9. The molecule has 12 aromatic rings. The van der Waals surface area contributed by atoms with E-state index < -0.39 is 61.2 Å². The number of carbonyl (C=O) groups is 3. The van der Waals surface area contributed by atoms with Crippen LogP contribution >= 0.6 is 151 Å². The standard InChI is InChI=1S/2C31H25Cl5N6O3.C31H25Cl3F2N6O3/c2*1-5-19(43)40-8-10-41(11-9-40)28-16-12-18(32)26(20-21(33)22(34)23(35)24(36)29(20)44)39-30(16)42(31(45)17(28)13-37)27-15(4)6-7-38-25(27)14(2)3;1-5-19(43)40-8-10-41(11-9-40)28-16-12-18(32)26(20-23(35)21(33)24(36)22(34)29(20)44)39-30(16)42(31(45)17(28)13-37)27-15(4)6-7-38-25(27)14(2)3/h3*5-7,12,14,44H,1,8-11H2,2-4H3. The smallest absolute Gasteiger partial charge is 0.276 e. The van der Waals surface area contributed by atoms with Gasteiger partial charge in [0.25, 0.3) is 16.7 Å². The number of phenols is 3. The number of pyridine rings is 9. The molecule has 0 radical (unpaired) electrons. The van der Waals surface area contributed by atoms with Crippen LogP contribution in [0.25, 0.3) is 83.9 Å². The second kappa shape index (κ2) is 40.9. The van der Waals surface area contributed by atoms with Crippen molar-refractivity contribution in [1.29, 1.82) is 15.8 Å². The van der Waals surface area contributed by atoms with Gasteiger partial charge in [-0.2, -0.15) is 15.8 Å². The first-order valence-corrected chi connectivity index (χ1v) is 46.0. The van der Waals surface area contributed by atoms with Crippen LogP contribution < -0.4 is 31.4 Å². The Balaban J connectivity index is 0.000000171. The van der Waals surface area contributed by atoms with Gasteiger partial charge >= 0.3 is 0 Å². The molecule has 3 N–H and O–H groups in total. The Bertz CT molecular complexity index is 6640. The van der Waals surface area contributed by atoms with Gasteiger partial charge in [-0.1, -0.05) is 212 Å². The number of aryl methyl sites for hydroxylation is 3. The van der Waals surface area contributed by atoms with Gasteiger partial charge in [-0.15, -0.1) is 0 Å². The lowest BCUT2D eigenvalue weighted by Gasteiger charge is -2.36. The van der Waals surface area contributed by atoms with Crippen molar-refractivity contribution in [3.05, 3.63) is 251 Å². The Morgan fingerprint density at radius 2 is 0.630 bits per heavy atom. The molecule has 15 rings (SSSR count). The number of carbonyl (C=O) groups excluding carboxylic acids is 3. The third-order valence-electron chi connectivity index (χ3n) is 23.0. The van der Waals surface area contributed by atoms with Crippen LogP contribution in [0.2, 0.25) is 65.3 Å². The van der Waals surface area contributed by atoms with E-state index in [1.165, 1.54) is 38.0 Å². The Labute approximate surface area is 835 Å². The molecule has 0 spiro atoms. The van der Waals surface area contributed by atoms with Gasteiger partial charge in [0.05, 0.1) is 130 Å². The normalized spacial score (nSPS) is 13.4. The molecule has 3 aromatic carbocycles. The summed E-state index contributed by atoms with van der Waals surface area (Å²) < 4.78 is 33.8. The Morgan fingerprint density at radius 1 is 0.378 bits per heavy atom. The fourth-order valence-corrected chi connectivity index (χ4v) is 19.5. The second-order valence-corrected chi connectivity index (χ2v) is 37.0. The number of aromatic hydroxyl groups is 3. The van der Waals surface area contributed by atoms with Crippen LogP contribution in [0.4, 0.5) is 25.8 Å². The number of hydrogen-bond donors (Lipinski definition) is 3. The summed E-state index contributed by atoms with van der Waals surface area (Å²) in [6.07, 6.45) is 8.60. The van der Waals surface area contributed by atoms with Gasteiger partial charge in [-0.05, 0) is 110 Å². The van der Waals surface area contributed by atoms with Gasteiger partial charge in [-0.25, -0.2) is 23.7 Å². The van der Waals surface area contributed by atoms with Crippen molar-refractivity contribution in [3.63, 3.8) is 0 Å². The van der Waals surface area contributed by atoms with Gasteiger partial charge in [-0.3, -0.25) is 57.4 Å². The van der Waals surface area contributed by atoms with E-state index in [-0.39, 0.29) is 190 Å². The summed E-state index contributed by atoms with van der Waals surface area (Å²) in [5.41, 5.74) is 2.33. The molecule has 696 valence electrons. The average Bonchev–Trinajstić information content (AvgIpc) is 0.728. The third kappa shape index (κ3) is 18.3. The zero-order valence-corrected chi connectivity index (χ0v) is 82.6. The number of benzene rings is 3. The van der Waals surface area contributed by atoms with Crippen molar-refractivity contribution in [2.75, 3.05) is 93.2 Å². The van der Waals surface area contributed by atoms with Crippen LogP contribution in [0, 0.1) is 66.4 Å². The number of fused-ring (bicyclic) bond motifs is 3. The Hall–Kier alpha value is -11.3. The van der Waals surface area contributed by atoms with E-state index in [9.17, 15) is 64.3 Å². The van der Waals surface area contributed by atoms with Gasteiger partial charge in [0.2, 0.25) is 17.7 Å². The van der Waals surface area contributed by atoms with Crippen LogP contribution in [0.3, 0.4) is 0 Å². The molecule has 135 heavy (non-hydrogen) atoms. The van der Waals surface area contributed by atoms with Crippen LogP contribution in [-0.2, 0) is 14.4 Å². The highest BCUT2D eigenvalue weighted by atomic mass is 35.5. The van der Waals surface area contributed by atoms with E-state index in [1.807, 2.05) is 71.3 Å². The quantitative estimate of drug-likeness (QED) is 0.0487. The fourth-order valence-electron chi connectivity index (χ4n) is 16.4. The van der Waals surface area contributed by atoms with Crippen LogP contribution in [0.15, 0.2) is 107 Å². The number of nitriles is 3. The van der Waals surface area contributed by atoms with Crippen molar-refractivity contribution < 1.29 is 38.5 Å². The van der Waals surface area contributed by atoms with Crippen LogP contribution in [0.5, 0.6) is 17.2 Å². The minimum Gasteiger partial charge on any atom is -0.506 e. The monoisotopic (exact) mass is 2080 g/mol. The summed E-state index contributed by atoms with van der Waals surface area (Å²) in [5.74, 6) is -5.80. The number of piperazine rings is 3. The maximum Gasteiger partial charge on any atom is 0.276 e.